The number of hydrogen-bond donors (Lipinski definition) is 3. The first-order valence-electron chi connectivity index (χ1n) is 14.9. The molecule has 0 saturated carbocycles. The lowest BCUT2D eigenvalue weighted by molar-refractivity contribution is -0.259. The van der Waals surface area contributed by atoms with Crippen LogP contribution in [-0.2, 0) is 34.9 Å². The Kier molecular flexibility index (Phi) is 8.98. The lowest BCUT2D eigenvalue weighted by atomic mass is 9.71. The monoisotopic (exact) mass is 581 g/mol. The first-order chi connectivity index (χ1) is 19.7. The Labute approximate surface area is 247 Å². The molecular weight excluding hydrogens is 537 g/mol. The Hall–Kier alpha value is -3.14. The van der Waals surface area contributed by atoms with Crippen molar-refractivity contribution in [2.24, 2.45) is 10.8 Å². The van der Waals surface area contributed by atoms with Crippen molar-refractivity contribution in [1.82, 2.24) is 15.1 Å². The highest BCUT2D eigenvalue weighted by Gasteiger charge is 2.54. The summed E-state index contributed by atoms with van der Waals surface area (Å²) in [7, 11) is 0. The molecule has 0 radical (unpaired) electrons. The van der Waals surface area contributed by atoms with Gasteiger partial charge in [0.25, 0.3) is 11.8 Å². The first kappa shape index (κ1) is 31.8. The molecule has 3 amide bonds. The number of hydrogen-bond acceptors (Lipinski definition) is 6. The van der Waals surface area contributed by atoms with Crippen LogP contribution in [0.5, 0.6) is 0 Å². The Morgan fingerprint density at radius 3 is 2.12 bits per heavy atom. The number of fused-ring (bicyclic) bond motifs is 1. The Bertz CT molecular complexity index is 1350. The van der Waals surface area contributed by atoms with Gasteiger partial charge in [0, 0.05) is 37.2 Å². The second kappa shape index (κ2) is 11.9. The molecule has 1 unspecified atom stereocenters. The summed E-state index contributed by atoms with van der Waals surface area (Å²) in [5, 5.41) is 24.5. The van der Waals surface area contributed by atoms with Crippen molar-refractivity contribution in [2.45, 2.75) is 92.1 Å². The van der Waals surface area contributed by atoms with E-state index in [2.05, 4.69) is 37.9 Å². The number of nitrogens with one attached hydrogen (secondary N) is 1. The molecule has 2 aromatic rings. The van der Waals surface area contributed by atoms with Crippen LogP contribution in [0.1, 0.15) is 93.4 Å². The largest absolute Gasteiger partial charge is 0.345 e. The standard InChI is InChI=1S/C31H38FN3O5.C2H6/c1-29(2)16-30(3,4)18-34(17-29)15-21-9-5-8-20(26(21)32)12-11-19-7-6-10-22-25(19)31(39,40)35(28(22)38)23-13-14-24(36)33-27(23)37;1-2/h5-10,23,39-40H,11-18H2,1-4H3,(H,33,36,37);1-2H3. The summed E-state index contributed by atoms with van der Waals surface area (Å²) >= 11 is 0. The third kappa shape index (κ3) is 6.28. The number of imide groups is 1. The van der Waals surface area contributed by atoms with Crippen molar-refractivity contribution in [3.63, 3.8) is 0 Å². The van der Waals surface area contributed by atoms with Crippen molar-refractivity contribution < 1.29 is 29.0 Å². The minimum absolute atomic E-state index is 0.000887. The SMILES string of the molecule is CC.CC1(C)CN(Cc2cccc(CCc3cccc4c3C(O)(O)N(C3CCC(=O)NC3=O)C4=O)c2F)CC(C)(C)C1. The predicted molar refractivity (Wildman–Crippen MR) is 158 cm³/mol. The van der Waals surface area contributed by atoms with E-state index in [1.807, 2.05) is 26.0 Å². The zero-order chi connectivity index (χ0) is 31.0. The fraction of sp³-hybridized carbons (Fsp3) is 0.545. The molecule has 5 rings (SSSR count). The topological polar surface area (TPSA) is 110 Å². The number of aliphatic hydroxyl groups is 2. The predicted octanol–water partition coefficient (Wildman–Crippen LogP) is 4.25. The van der Waals surface area contributed by atoms with Crippen LogP contribution in [0.2, 0.25) is 0 Å². The second-order valence-electron chi connectivity index (χ2n) is 13.2. The molecule has 2 saturated heterocycles. The van der Waals surface area contributed by atoms with Gasteiger partial charge in [-0.3, -0.25) is 29.5 Å². The molecule has 0 spiro atoms. The van der Waals surface area contributed by atoms with Crippen LogP contribution in [0.4, 0.5) is 4.39 Å². The number of carbonyl (C=O) groups excluding carboxylic acids is 3. The highest BCUT2D eigenvalue weighted by molar-refractivity contribution is 6.06. The summed E-state index contributed by atoms with van der Waals surface area (Å²) < 4.78 is 15.7. The van der Waals surface area contributed by atoms with Crippen molar-refractivity contribution >= 4 is 17.7 Å². The van der Waals surface area contributed by atoms with Gasteiger partial charge in [0.1, 0.15) is 11.9 Å². The Morgan fingerprint density at radius 2 is 1.48 bits per heavy atom. The smallest absolute Gasteiger partial charge is 0.279 e. The molecule has 0 aliphatic carbocycles. The van der Waals surface area contributed by atoms with Gasteiger partial charge in [-0.25, -0.2) is 4.39 Å². The van der Waals surface area contributed by atoms with Crippen LogP contribution in [0.15, 0.2) is 36.4 Å². The minimum atomic E-state index is -2.74. The Morgan fingerprint density at radius 1 is 0.905 bits per heavy atom. The third-order valence-corrected chi connectivity index (χ3v) is 8.27. The zero-order valence-corrected chi connectivity index (χ0v) is 25.6. The van der Waals surface area contributed by atoms with E-state index >= 15 is 4.39 Å². The summed E-state index contributed by atoms with van der Waals surface area (Å²) in [6.07, 6.45) is 1.64. The Balaban J connectivity index is 0.00000198. The van der Waals surface area contributed by atoms with Crippen molar-refractivity contribution in [2.75, 3.05) is 13.1 Å². The summed E-state index contributed by atoms with van der Waals surface area (Å²) in [4.78, 5) is 40.3. The average Bonchev–Trinajstić information content (AvgIpc) is 3.09. The molecule has 0 bridgehead atoms. The lowest BCUT2D eigenvalue weighted by Gasteiger charge is -2.47. The van der Waals surface area contributed by atoms with E-state index < -0.39 is 29.7 Å². The molecule has 9 heteroatoms. The molecule has 2 fully saturated rings. The number of amides is 3. The summed E-state index contributed by atoms with van der Waals surface area (Å²) in [6, 6.07) is 9.01. The van der Waals surface area contributed by atoms with Crippen LogP contribution >= 0.6 is 0 Å². The van der Waals surface area contributed by atoms with Gasteiger partial charge in [-0.2, -0.15) is 0 Å². The van der Waals surface area contributed by atoms with Crippen molar-refractivity contribution in [3.8, 4) is 0 Å². The minimum Gasteiger partial charge on any atom is -0.345 e. The molecule has 3 N–H and O–H groups in total. The van der Waals surface area contributed by atoms with Crippen molar-refractivity contribution in [1.29, 1.82) is 0 Å². The lowest BCUT2D eigenvalue weighted by Crippen LogP contribution is -2.58. The van der Waals surface area contributed by atoms with E-state index in [4.69, 9.17) is 0 Å². The van der Waals surface area contributed by atoms with Gasteiger partial charge < -0.3 is 10.2 Å². The van der Waals surface area contributed by atoms with E-state index in [-0.39, 0.29) is 53.5 Å². The summed E-state index contributed by atoms with van der Waals surface area (Å²) in [5.74, 6) is -4.91. The van der Waals surface area contributed by atoms with Gasteiger partial charge in [-0.15, -0.1) is 0 Å². The molecule has 3 heterocycles. The fourth-order valence-electron chi connectivity index (χ4n) is 7.31. The molecule has 3 aliphatic heterocycles. The van der Waals surface area contributed by atoms with Crippen LogP contribution in [0.3, 0.4) is 0 Å². The number of rotatable bonds is 6. The molecule has 1 atom stereocenters. The maximum Gasteiger partial charge on any atom is 0.279 e. The fourth-order valence-corrected chi connectivity index (χ4v) is 7.31. The summed E-state index contributed by atoms with van der Waals surface area (Å²) in [5.41, 5.74) is 1.99. The average molecular weight is 582 g/mol. The van der Waals surface area contributed by atoms with Crippen LogP contribution in [0, 0.1) is 16.6 Å². The third-order valence-electron chi connectivity index (χ3n) is 8.27. The summed E-state index contributed by atoms with van der Waals surface area (Å²) in [6.45, 7) is 15.3. The highest BCUT2D eigenvalue weighted by atomic mass is 19.1. The highest BCUT2D eigenvalue weighted by Crippen LogP contribution is 2.42. The van der Waals surface area contributed by atoms with E-state index in [1.54, 1.807) is 18.2 Å². The number of aryl methyl sites for hydroxylation is 2. The number of piperidine rings is 2. The van der Waals surface area contributed by atoms with Crippen LogP contribution in [0.25, 0.3) is 0 Å². The molecule has 8 nitrogen and oxygen atoms in total. The maximum atomic E-state index is 15.7. The number of benzene rings is 2. The number of likely N-dealkylation sites (tertiary alicyclic amines) is 1. The number of halogens is 1. The van der Waals surface area contributed by atoms with Crippen LogP contribution in [-0.4, -0.2) is 56.9 Å². The second-order valence-corrected chi connectivity index (χ2v) is 13.2. The van der Waals surface area contributed by atoms with E-state index in [1.165, 1.54) is 6.07 Å². The molecule has 228 valence electrons. The normalized spacial score (nSPS) is 22.7. The van der Waals surface area contributed by atoms with Gasteiger partial charge in [-0.05, 0) is 53.7 Å². The zero-order valence-electron chi connectivity index (χ0n) is 25.6. The number of nitrogens with zero attached hydrogens (tertiary/aromatic N) is 2. The van der Waals surface area contributed by atoms with E-state index in [0.29, 0.717) is 23.2 Å². The maximum absolute atomic E-state index is 15.7. The van der Waals surface area contributed by atoms with Gasteiger partial charge in [0.2, 0.25) is 11.8 Å². The molecular formula is C33H44FN3O5. The van der Waals surface area contributed by atoms with E-state index in [9.17, 15) is 24.6 Å². The van der Waals surface area contributed by atoms with Gasteiger partial charge >= 0.3 is 0 Å². The van der Waals surface area contributed by atoms with Gasteiger partial charge in [0.05, 0.1) is 5.56 Å². The first-order valence-corrected chi connectivity index (χ1v) is 14.9. The van der Waals surface area contributed by atoms with Gasteiger partial charge in [0.15, 0.2) is 0 Å². The van der Waals surface area contributed by atoms with Crippen LogP contribution < -0.4 is 5.32 Å². The van der Waals surface area contributed by atoms with Crippen molar-refractivity contribution in [3.05, 3.63) is 70.0 Å². The molecule has 2 aromatic carbocycles. The quantitative estimate of drug-likeness (QED) is 0.348. The molecule has 0 aromatic heterocycles. The molecule has 42 heavy (non-hydrogen) atoms. The van der Waals surface area contributed by atoms with E-state index in [0.717, 1.165) is 24.4 Å². The molecule has 3 aliphatic rings. The van der Waals surface area contributed by atoms with Gasteiger partial charge in [-0.1, -0.05) is 71.9 Å². The number of carbonyl (C=O) groups is 3.